The van der Waals surface area contributed by atoms with Gasteiger partial charge in [-0.2, -0.15) is 0 Å². The van der Waals surface area contributed by atoms with Crippen molar-refractivity contribution in [3.05, 3.63) is 171 Å². The van der Waals surface area contributed by atoms with Crippen molar-refractivity contribution >= 4 is 6.08 Å². The van der Waals surface area contributed by atoms with Crippen LogP contribution in [-0.4, -0.2) is 0 Å². The van der Waals surface area contributed by atoms with Crippen molar-refractivity contribution in [1.82, 2.24) is 0 Å². The van der Waals surface area contributed by atoms with Gasteiger partial charge in [-0.05, 0) is 80.0 Å². The lowest BCUT2D eigenvalue weighted by Gasteiger charge is -2.46. The summed E-state index contributed by atoms with van der Waals surface area (Å²) in [6, 6.07) is 44.3. The van der Waals surface area contributed by atoms with E-state index in [0.717, 1.165) is 12.8 Å². The number of hydrogen-bond acceptors (Lipinski definition) is 0. The minimum absolute atomic E-state index is 0.161. The second-order valence-corrected chi connectivity index (χ2v) is 12.4. The first-order chi connectivity index (χ1) is 20.6. The predicted molar refractivity (Wildman–Crippen MR) is 178 cm³/mol. The molecule has 2 aliphatic rings. The Kier molecular flexibility index (Phi) is 6.74. The molecule has 2 aliphatic carbocycles. The van der Waals surface area contributed by atoms with Crippen molar-refractivity contribution in [1.29, 1.82) is 0 Å². The largest absolute Gasteiger partial charge is 0.0751 e. The standard InChI is InChI=1S/C42H40/c1-5-29-20-22-35-36-23-21-30(6-2)27-39(36)41(38(35)26-29)42(31-14-9-7-10-15-31,32-16-11-8-12-17-32)40-25-24-34-33(28(3)4)18-13-19-37(34)40/h7-28,40-41H,5-6H2,1-4H3. The molecule has 0 saturated carbocycles. The molecule has 7 rings (SSSR count). The molecule has 0 heteroatoms. The number of rotatable bonds is 7. The summed E-state index contributed by atoms with van der Waals surface area (Å²) in [4.78, 5) is 0. The van der Waals surface area contributed by atoms with Crippen molar-refractivity contribution in [2.45, 2.75) is 63.7 Å². The van der Waals surface area contributed by atoms with Crippen LogP contribution in [0.2, 0.25) is 0 Å². The smallest absolute Gasteiger partial charge is 0.0415 e. The molecule has 0 bridgehead atoms. The number of hydrogen-bond donors (Lipinski definition) is 0. The monoisotopic (exact) mass is 544 g/mol. The number of fused-ring (bicyclic) bond motifs is 4. The molecular formula is C42H40. The highest BCUT2D eigenvalue weighted by Gasteiger charge is 2.53. The molecule has 0 fully saturated rings. The molecule has 1 atom stereocenters. The third kappa shape index (κ3) is 3.96. The molecule has 0 aromatic heterocycles. The van der Waals surface area contributed by atoms with Crippen LogP contribution in [0.15, 0.2) is 121 Å². The van der Waals surface area contributed by atoms with Gasteiger partial charge in [0.25, 0.3) is 0 Å². The van der Waals surface area contributed by atoms with Crippen LogP contribution in [0.3, 0.4) is 0 Å². The highest BCUT2D eigenvalue weighted by atomic mass is 14.5. The predicted octanol–water partition coefficient (Wildman–Crippen LogP) is 10.8. The van der Waals surface area contributed by atoms with Gasteiger partial charge in [0.15, 0.2) is 0 Å². The average molecular weight is 545 g/mol. The van der Waals surface area contributed by atoms with Gasteiger partial charge in [-0.1, -0.05) is 155 Å². The molecule has 5 aromatic carbocycles. The highest BCUT2D eigenvalue weighted by Crippen LogP contribution is 2.63. The Morgan fingerprint density at radius 3 is 1.64 bits per heavy atom. The van der Waals surface area contributed by atoms with Crippen molar-refractivity contribution in [3.63, 3.8) is 0 Å². The lowest BCUT2D eigenvalue weighted by atomic mass is 9.55. The summed E-state index contributed by atoms with van der Waals surface area (Å²) in [5.41, 5.74) is 15.2. The normalized spacial score (nSPS) is 15.6. The van der Waals surface area contributed by atoms with Gasteiger partial charge in [0.05, 0.1) is 0 Å². The molecule has 0 heterocycles. The van der Waals surface area contributed by atoms with E-state index in [0.29, 0.717) is 5.92 Å². The summed E-state index contributed by atoms with van der Waals surface area (Å²) in [6.07, 6.45) is 7.02. The van der Waals surface area contributed by atoms with Gasteiger partial charge in [-0.3, -0.25) is 0 Å². The van der Waals surface area contributed by atoms with Gasteiger partial charge in [0.1, 0.15) is 0 Å². The van der Waals surface area contributed by atoms with Gasteiger partial charge in [0.2, 0.25) is 0 Å². The molecule has 0 N–H and O–H groups in total. The Hall–Kier alpha value is -4.16. The molecule has 208 valence electrons. The van der Waals surface area contributed by atoms with Crippen LogP contribution >= 0.6 is 0 Å². The summed E-state index contributed by atoms with van der Waals surface area (Å²) in [5.74, 6) is 0.808. The van der Waals surface area contributed by atoms with Crippen molar-refractivity contribution < 1.29 is 0 Å². The van der Waals surface area contributed by atoms with Crippen LogP contribution in [0.5, 0.6) is 0 Å². The van der Waals surface area contributed by atoms with Crippen molar-refractivity contribution in [2.24, 2.45) is 0 Å². The minimum atomic E-state index is -0.349. The average Bonchev–Trinajstić information content (AvgIpc) is 3.62. The molecule has 0 nitrogen and oxygen atoms in total. The quantitative estimate of drug-likeness (QED) is 0.191. The van der Waals surface area contributed by atoms with Gasteiger partial charge in [-0.25, -0.2) is 0 Å². The zero-order valence-electron chi connectivity index (χ0n) is 25.3. The lowest BCUT2D eigenvalue weighted by Crippen LogP contribution is -2.40. The molecule has 1 unspecified atom stereocenters. The van der Waals surface area contributed by atoms with E-state index in [1.165, 1.54) is 61.2 Å². The van der Waals surface area contributed by atoms with Crippen molar-refractivity contribution in [3.8, 4) is 11.1 Å². The fourth-order valence-electron chi connectivity index (χ4n) is 8.02. The second kappa shape index (κ2) is 10.6. The summed E-state index contributed by atoms with van der Waals surface area (Å²) in [5, 5.41) is 0. The molecule has 0 amide bonds. The summed E-state index contributed by atoms with van der Waals surface area (Å²) >= 11 is 0. The maximum Gasteiger partial charge on any atom is 0.0415 e. The van der Waals surface area contributed by atoms with Gasteiger partial charge < -0.3 is 0 Å². The first kappa shape index (κ1) is 26.7. The van der Waals surface area contributed by atoms with Crippen LogP contribution in [-0.2, 0) is 18.3 Å². The van der Waals surface area contributed by atoms with E-state index in [1.54, 1.807) is 0 Å². The van der Waals surface area contributed by atoms with Crippen LogP contribution in [0.4, 0.5) is 0 Å². The highest BCUT2D eigenvalue weighted by molar-refractivity contribution is 5.82. The number of benzene rings is 5. The van der Waals surface area contributed by atoms with Crippen LogP contribution in [0, 0.1) is 0 Å². The summed E-state index contributed by atoms with van der Waals surface area (Å²) in [7, 11) is 0. The maximum absolute atomic E-state index is 2.53. The summed E-state index contributed by atoms with van der Waals surface area (Å²) < 4.78 is 0. The fourth-order valence-corrected chi connectivity index (χ4v) is 8.02. The first-order valence-corrected chi connectivity index (χ1v) is 15.8. The van der Waals surface area contributed by atoms with E-state index in [9.17, 15) is 0 Å². The number of aryl methyl sites for hydroxylation is 2. The van der Waals surface area contributed by atoms with E-state index in [2.05, 4.69) is 155 Å². The third-order valence-corrected chi connectivity index (χ3v) is 10.00. The maximum atomic E-state index is 2.53. The Labute approximate surface area is 251 Å². The molecular weight excluding hydrogens is 504 g/mol. The Morgan fingerprint density at radius 1 is 0.595 bits per heavy atom. The zero-order chi connectivity index (χ0) is 28.8. The molecule has 5 aromatic rings. The molecule has 0 saturated heterocycles. The van der Waals surface area contributed by atoms with E-state index in [4.69, 9.17) is 0 Å². The van der Waals surface area contributed by atoms with E-state index >= 15 is 0 Å². The Morgan fingerprint density at radius 2 is 1.14 bits per heavy atom. The van der Waals surface area contributed by atoms with Gasteiger partial charge in [0, 0.05) is 17.3 Å². The van der Waals surface area contributed by atoms with Gasteiger partial charge >= 0.3 is 0 Å². The molecule has 0 aliphatic heterocycles. The second-order valence-electron chi connectivity index (χ2n) is 12.4. The molecule has 0 spiro atoms. The van der Waals surface area contributed by atoms with Crippen LogP contribution in [0.25, 0.3) is 17.2 Å². The molecule has 0 radical (unpaired) electrons. The van der Waals surface area contributed by atoms with Crippen molar-refractivity contribution in [2.75, 3.05) is 0 Å². The third-order valence-electron chi connectivity index (χ3n) is 10.00. The van der Waals surface area contributed by atoms with Gasteiger partial charge in [-0.15, -0.1) is 0 Å². The topological polar surface area (TPSA) is 0 Å². The fraction of sp³-hybridized carbons (Fsp3) is 0.238. The first-order valence-electron chi connectivity index (χ1n) is 15.8. The van der Waals surface area contributed by atoms with Crippen LogP contribution < -0.4 is 0 Å². The van der Waals surface area contributed by atoms with E-state index in [1.807, 2.05) is 0 Å². The van der Waals surface area contributed by atoms with E-state index in [-0.39, 0.29) is 17.3 Å². The van der Waals surface area contributed by atoms with Crippen LogP contribution in [0.1, 0.15) is 95.5 Å². The SMILES string of the molecule is CCc1ccc2c(c1)C(C(c1ccccc1)(c1ccccc1)C1C=Cc3c(C(C)C)cccc31)c1cc(CC)ccc1-2. The number of allylic oxidation sites excluding steroid dienone is 1. The zero-order valence-corrected chi connectivity index (χ0v) is 25.3. The Balaban J connectivity index is 1.63. The summed E-state index contributed by atoms with van der Waals surface area (Å²) in [6.45, 7) is 9.19. The molecule has 42 heavy (non-hydrogen) atoms. The minimum Gasteiger partial charge on any atom is -0.0751 e. The van der Waals surface area contributed by atoms with E-state index < -0.39 is 0 Å². The Bertz CT molecular complexity index is 1680. The lowest BCUT2D eigenvalue weighted by molar-refractivity contribution is 0.416.